The number of ether oxygens (including phenoxy) is 1. The molecule has 146 valence electrons. The predicted octanol–water partition coefficient (Wildman–Crippen LogP) is 1.74. The number of hydrogen-bond acceptors (Lipinski definition) is 7. The second-order valence-corrected chi connectivity index (χ2v) is 8.15. The van der Waals surface area contributed by atoms with E-state index in [9.17, 15) is 19.7 Å². The molecule has 2 heterocycles. The molecule has 0 radical (unpaired) electrons. The van der Waals surface area contributed by atoms with Gasteiger partial charge in [-0.2, -0.15) is 11.8 Å². The fourth-order valence-electron chi connectivity index (χ4n) is 3.85. The first-order valence-electron chi connectivity index (χ1n) is 8.92. The number of β-lactam (4-membered cyclic amide) rings is 1. The highest BCUT2D eigenvalue weighted by Crippen LogP contribution is 2.45. The van der Waals surface area contributed by atoms with Crippen LogP contribution in [0.3, 0.4) is 0 Å². The third kappa shape index (κ3) is 3.79. The minimum atomic E-state index is -0.611. The molecule has 2 aliphatic heterocycles. The van der Waals surface area contributed by atoms with Gasteiger partial charge in [0.05, 0.1) is 10.8 Å². The van der Waals surface area contributed by atoms with Crippen LogP contribution in [0.5, 0.6) is 0 Å². The average molecular weight is 394 g/mol. The highest BCUT2D eigenvalue weighted by Gasteiger charge is 2.59. The van der Waals surface area contributed by atoms with Crippen molar-refractivity contribution in [1.29, 1.82) is 0 Å². The van der Waals surface area contributed by atoms with Crippen molar-refractivity contribution >= 4 is 29.3 Å². The minimum absolute atomic E-state index is 0.00358. The Morgan fingerprint density at radius 2 is 2.11 bits per heavy atom. The van der Waals surface area contributed by atoms with Crippen molar-refractivity contribution in [3.05, 3.63) is 39.9 Å². The molecule has 0 bridgehead atoms. The monoisotopic (exact) mass is 394 g/mol. The van der Waals surface area contributed by atoms with E-state index in [2.05, 4.69) is 0 Å². The Morgan fingerprint density at radius 3 is 2.70 bits per heavy atom. The summed E-state index contributed by atoms with van der Waals surface area (Å²) >= 11 is 1.64. The largest absolute Gasteiger partial charge is 0.459 e. The number of thioether (sulfide) groups is 1. The van der Waals surface area contributed by atoms with Gasteiger partial charge in [-0.15, -0.1) is 0 Å². The molecule has 1 N–H and O–H groups in total. The normalized spacial score (nSPS) is 26.4. The Balaban J connectivity index is 1.65. The number of rotatable bonds is 8. The maximum Gasteiger partial charge on any atom is 0.330 e. The van der Waals surface area contributed by atoms with Crippen LogP contribution in [-0.4, -0.2) is 56.5 Å². The number of carbonyl (C=O) groups is 2. The Morgan fingerprint density at radius 1 is 1.41 bits per heavy atom. The number of aliphatic hydroxyl groups is 1. The molecule has 9 heteroatoms. The maximum atomic E-state index is 12.7. The van der Waals surface area contributed by atoms with Crippen molar-refractivity contribution in [2.75, 3.05) is 12.4 Å². The van der Waals surface area contributed by atoms with Crippen LogP contribution in [0.4, 0.5) is 5.69 Å². The molecular formula is C18H22N2O6S. The second kappa shape index (κ2) is 8.26. The third-order valence-corrected chi connectivity index (χ3v) is 6.32. The fraction of sp³-hybridized carbons (Fsp3) is 0.556. The number of amides is 1. The van der Waals surface area contributed by atoms with Crippen LogP contribution in [0.25, 0.3) is 0 Å². The summed E-state index contributed by atoms with van der Waals surface area (Å²) in [5, 5.41) is 19.8. The zero-order valence-electron chi connectivity index (χ0n) is 14.9. The molecule has 1 aromatic carbocycles. The molecule has 2 saturated heterocycles. The molecular weight excluding hydrogens is 372 g/mol. The minimum Gasteiger partial charge on any atom is -0.459 e. The maximum absolute atomic E-state index is 12.7. The van der Waals surface area contributed by atoms with Crippen LogP contribution < -0.4 is 0 Å². The van der Waals surface area contributed by atoms with Crippen LogP contribution in [0.1, 0.15) is 25.3 Å². The van der Waals surface area contributed by atoms with E-state index in [0.29, 0.717) is 12.0 Å². The number of nitro benzene ring substituents is 1. The topological polar surface area (TPSA) is 110 Å². The first-order valence-corrected chi connectivity index (χ1v) is 9.97. The van der Waals surface area contributed by atoms with Crippen LogP contribution in [0.2, 0.25) is 0 Å². The van der Waals surface area contributed by atoms with E-state index in [1.165, 1.54) is 12.1 Å². The molecule has 0 spiro atoms. The molecule has 8 nitrogen and oxygen atoms in total. The molecule has 4 atom stereocenters. The molecule has 0 aromatic heterocycles. The first-order chi connectivity index (χ1) is 13.0. The Bertz CT molecular complexity index is 725. The second-order valence-electron chi connectivity index (χ2n) is 6.64. The Kier molecular flexibility index (Phi) is 6.01. The number of carbonyl (C=O) groups excluding carboxylic acids is 2. The number of non-ortho nitro benzene ring substituents is 1. The van der Waals surface area contributed by atoms with Crippen molar-refractivity contribution in [1.82, 2.24) is 4.90 Å². The van der Waals surface area contributed by atoms with Crippen molar-refractivity contribution in [3.8, 4) is 0 Å². The number of nitrogens with zero attached hydrogens (tertiary/aromatic N) is 2. The lowest BCUT2D eigenvalue weighted by atomic mass is 9.85. The van der Waals surface area contributed by atoms with Gasteiger partial charge in [0.15, 0.2) is 0 Å². The number of fused-ring (bicyclic) bond motifs is 1. The van der Waals surface area contributed by atoms with Crippen LogP contribution in [-0.2, 0) is 20.9 Å². The molecule has 0 aliphatic carbocycles. The molecule has 3 unspecified atom stereocenters. The lowest BCUT2D eigenvalue weighted by molar-refractivity contribution is -0.384. The first kappa shape index (κ1) is 19.6. The summed E-state index contributed by atoms with van der Waals surface area (Å²) in [6.07, 6.45) is 1.15. The highest BCUT2D eigenvalue weighted by molar-refractivity contribution is 7.99. The standard InChI is InChI=1S/C18H22N2O6S/c1-2-27-15-9-14-13(7-8-21)17(22)19(14)16(15)18(23)26-10-11-3-5-12(6-4-11)20(24)25/h3-6,13-16,21H,2,7-10H2,1H3/t13-,14?,15?,16?/m0/s1. The number of hydrogen-bond donors (Lipinski definition) is 1. The fourth-order valence-corrected chi connectivity index (χ4v) is 5.03. The van der Waals surface area contributed by atoms with Gasteiger partial charge in [-0.1, -0.05) is 6.92 Å². The van der Waals surface area contributed by atoms with Gasteiger partial charge >= 0.3 is 5.97 Å². The summed E-state index contributed by atoms with van der Waals surface area (Å²) in [6, 6.07) is 5.21. The number of aliphatic hydroxyl groups excluding tert-OH is 1. The zero-order valence-corrected chi connectivity index (χ0v) is 15.8. The van der Waals surface area contributed by atoms with Crippen LogP contribution >= 0.6 is 11.8 Å². The van der Waals surface area contributed by atoms with Crippen molar-refractivity contribution in [2.45, 2.75) is 43.7 Å². The lowest BCUT2D eigenvalue weighted by Crippen LogP contribution is -2.62. The summed E-state index contributed by atoms with van der Waals surface area (Å²) in [5.74, 6) is 0.0847. The zero-order chi connectivity index (χ0) is 19.6. The van der Waals surface area contributed by atoms with Gasteiger partial charge in [0.2, 0.25) is 5.91 Å². The molecule has 2 aliphatic rings. The number of esters is 1. The van der Waals surface area contributed by atoms with Gasteiger partial charge in [-0.3, -0.25) is 14.9 Å². The highest BCUT2D eigenvalue weighted by atomic mass is 32.2. The summed E-state index contributed by atoms with van der Waals surface area (Å²) in [4.78, 5) is 36.9. The Labute approximate surface area is 161 Å². The third-order valence-electron chi connectivity index (χ3n) is 5.11. The summed E-state index contributed by atoms with van der Waals surface area (Å²) in [6.45, 7) is 1.97. The van der Waals surface area contributed by atoms with E-state index in [-0.39, 0.29) is 42.0 Å². The number of benzene rings is 1. The van der Waals surface area contributed by atoms with Gasteiger partial charge in [0.25, 0.3) is 5.69 Å². The van der Waals surface area contributed by atoms with E-state index < -0.39 is 16.9 Å². The summed E-state index contributed by atoms with van der Waals surface area (Å²) < 4.78 is 5.42. The van der Waals surface area contributed by atoms with Crippen molar-refractivity contribution in [3.63, 3.8) is 0 Å². The summed E-state index contributed by atoms with van der Waals surface area (Å²) in [7, 11) is 0. The van der Waals surface area contributed by atoms with Gasteiger partial charge in [0.1, 0.15) is 12.6 Å². The van der Waals surface area contributed by atoms with Crippen molar-refractivity contribution in [2.24, 2.45) is 5.92 Å². The Hall–Kier alpha value is -2.13. The van der Waals surface area contributed by atoms with E-state index in [1.807, 2.05) is 6.92 Å². The quantitative estimate of drug-likeness (QED) is 0.309. The predicted molar refractivity (Wildman–Crippen MR) is 99.0 cm³/mol. The molecule has 0 saturated carbocycles. The SMILES string of the molecule is CCSC1CC2[C@H](CCO)C(=O)N2C1C(=O)OCc1ccc([N+](=O)[O-])cc1. The van der Waals surface area contributed by atoms with Crippen molar-refractivity contribution < 1.29 is 24.4 Å². The van der Waals surface area contributed by atoms with Gasteiger partial charge in [0, 0.05) is 30.0 Å². The molecule has 2 fully saturated rings. The summed E-state index contributed by atoms with van der Waals surface area (Å²) in [5.41, 5.74) is 0.625. The van der Waals surface area contributed by atoms with Crippen LogP contribution in [0, 0.1) is 16.0 Å². The number of nitro groups is 1. The molecule has 1 amide bonds. The van der Waals surface area contributed by atoms with Gasteiger partial charge in [-0.05, 0) is 36.3 Å². The van der Waals surface area contributed by atoms with Crippen LogP contribution in [0.15, 0.2) is 24.3 Å². The van der Waals surface area contributed by atoms with Gasteiger partial charge in [-0.25, -0.2) is 4.79 Å². The smallest absolute Gasteiger partial charge is 0.330 e. The molecule has 27 heavy (non-hydrogen) atoms. The van der Waals surface area contributed by atoms with E-state index in [1.54, 1.807) is 28.8 Å². The molecule has 3 rings (SSSR count). The van der Waals surface area contributed by atoms with E-state index in [0.717, 1.165) is 12.2 Å². The molecule has 1 aromatic rings. The van der Waals surface area contributed by atoms with Gasteiger partial charge < -0.3 is 14.7 Å². The van der Waals surface area contributed by atoms with E-state index in [4.69, 9.17) is 9.84 Å². The lowest BCUT2D eigenvalue weighted by Gasteiger charge is -2.44. The average Bonchev–Trinajstić information content (AvgIpc) is 3.00. The van der Waals surface area contributed by atoms with E-state index >= 15 is 0 Å².